The molecule has 0 aliphatic rings. The molecule has 0 radical (unpaired) electrons. The van der Waals surface area contributed by atoms with Crippen LogP contribution in [0.3, 0.4) is 0 Å². The van der Waals surface area contributed by atoms with Crippen molar-refractivity contribution in [2.45, 2.75) is 6.42 Å². The Balaban J connectivity index is 2.42. The van der Waals surface area contributed by atoms with Crippen LogP contribution in [0.15, 0.2) is 34.5 Å². The van der Waals surface area contributed by atoms with Crippen LogP contribution in [0.1, 0.15) is 6.42 Å². The smallest absolute Gasteiger partial charge is 0.135 e. The second-order valence-corrected chi connectivity index (χ2v) is 3.73. The summed E-state index contributed by atoms with van der Waals surface area (Å²) in [6.07, 6.45) is 1.21. The predicted molar refractivity (Wildman–Crippen MR) is 67.4 cm³/mol. The van der Waals surface area contributed by atoms with Gasteiger partial charge in [-0.15, -0.1) is 0 Å². The van der Waals surface area contributed by atoms with Crippen LogP contribution in [-0.4, -0.2) is 17.4 Å². The number of benzene rings is 1. The quantitative estimate of drug-likeness (QED) is 0.497. The van der Waals surface area contributed by atoms with E-state index in [9.17, 15) is 4.79 Å². The van der Waals surface area contributed by atoms with Crippen LogP contribution >= 0.6 is 0 Å². The standard InChI is InChI=1S/C12H14N4O/c1-16-10-6-3-2-5-9(10)11(12(16)13)15-14-7-4-8-17/h2-3,5-6,8H,4,7,13H2,1H3. The van der Waals surface area contributed by atoms with Gasteiger partial charge in [0.15, 0.2) is 0 Å². The van der Waals surface area contributed by atoms with Crippen molar-refractivity contribution in [2.24, 2.45) is 17.3 Å². The number of aromatic nitrogens is 1. The molecule has 0 saturated heterocycles. The van der Waals surface area contributed by atoms with Crippen molar-refractivity contribution >= 4 is 28.7 Å². The molecule has 0 amide bonds. The molecule has 1 heterocycles. The molecule has 1 aromatic heterocycles. The number of carbonyl (C=O) groups excluding carboxylic acids is 1. The first-order valence-electron chi connectivity index (χ1n) is 5.39. The van der Waals surface area contributed by atoms with Gasteiger partial charge < -0.3 is 15.1 Å². The van der Waals surface area contributed by atoms with E-state index >= 15 is 0 Å². The normalized spacial score (nSPS) is 11.4. The van der Waals surface area contributed by atoms with E-state index in [1.165, 1.54) is 0 Å². The van der Waals surface area contributed by atoms with Gasteiger partial charge in [-0.2, -0.15) is 10.2 Å². The molecule has 0 fully saturated rings. The fourth-order valence-corrected chi connectivity index (χ4v) is 1.73. The van der Waals surface area contributed by atoms with Gasteiger partial charge in [0.25, 0.3) is 0 Å². The summed E-state index contributed by atoms with van der Waals surface area (Å²) in [5.74, 6) is 0.584. The molecule has 2 aromatic rings. The van der Waals surface area contributed by atoms with Crippen LogP contribution in [-0.2, 0) is 11.8 Å². The Morgan fingerprint density at radius 3 is 2.94 bits per heavy atom. The van der Waals surface area contributed by atoms with Crippen molar-refractivity contribution < 1.29 is 4.79 Å². The van der Waals surface area contributed by atoms with E-state index in [0.29, 0.717) is 24.5 Å². The van der Waals surface area contributed by atoms with Crippen LogP contribution in [0.4, 0.5) is 11.5 Å². The number of rotatable bonds is 4. The zero-order valence-corrected chi connectivity index (χ0v) is 9.63. The minimum absolute atomic E-state index is 0.383. The first kappa shape index (κ1) is 11.3. The number of hydrogen-bond donors (Lipinski definition) is 1. The molecule has 2 N–H and O–H groups in total. The molecule has 0 atom stereocenters. The van der Waals surface area contributed by atoms with Gasteiger partial charge in [-0.05, 0) is 6.07 Å². The van der Waals surface area contributed by atoms with Crippen LogP contribution in [0, 0.1) is 0 Å². The van der Waals surface area contributed by atoms with Gasteiger partial charge in [0, 0.05) is 18.9 Å². The SMILES string of the molecule is Cn1c(N)c(N=NCCC=O)c2ccccc21. The zero-order valence-electron chi connectivity index (χ0n) is 9.63. The second-order valence-electron chi connectivity index (χ2n) is 3.73. The molecule has 5 heteroatoms. The van der Waals surface area contributed by atoms with Crippen molar-refractivity contribution in [3.05, 3.63) is 24.3 Å². The first-order valence-corrected chi connectivity index (χ1v) is 5.39. The lowest BCUT2D eigenvalue weighted by Crippen LogP contribution is -1.94. The second kappa shape index (κ2) is 4.78. The van der Waals surface area contributed by atoms with Crippen LogP contribution in [0.5, 0.6) is 0 Å². The average molecular weight is 230 g/mol. The summed E-state index contributed by atoms with van der Waals surface area (Å²) in [5.41, 5.74) is 7.67. The van der Waals surface area contributed by atoms with E-state index in [0.717, 1.165) is 17.2 Å². The number of azo groups is 1. The summed E-state index contributed by atoms with van der Waals surface area (Å²) in [5, 5.41) is 9.04. The Bertz CT molecular complexity index is 571. The summed E-state index contributed by atoms with van der Waals surface area (Å²) >= 11 is 0. The highest BCUT2D eigenvalue weighted by molar-refractivity contribution is 5.97. The molecule has 0 spiro atoms. The van der Waals surface area contributed by atoms with Crippen molar-refractivity contribution in [3.63, 3.8) is 0 Å². The largest absolute Gasteiger partial charge is 0.383 e. The highest BCUT2D eigenvalue weighted by atomic mass is 16.1. The van der Waals surface area contributed by atoms with E-state index in [1.54, 1.807) is 0 Å². The van der Waals surface area contributed by atoms with Gasteiger partial charge >= 0.3 is 0 Å². The molecule has 17 heavy (non-hydrogen) atoms. The van der Waals surface area contributed by atoms with E-state index in [1.807, 2.05) is 35.9 Å². The Morgan fingerprint density at radius 1 is 1.41 bits per heavy atom. The lowest BCUT2D eigenvalue weighted by atomic mass is 10.2. The maximum Gasteiger partial charge on any atom is 0.135 e. The Hall–Kier alpha value is -2.17. The van der Waals surface area contributed by atoms with Crippen molar-refractivity contribution in [3.8, 4) is 0 Å². The van der Waals surface area contributed by atoms with Crippen molar-refractivity contribution in [1.29, 1.82) is 0 Å². The van der Waals surface area contributed by atoms with E-state index in [4.69, 9.17) is 5.73 Å². The lowest BCUT2D eigenvalue weighted by molar-refractivity contribution is -0.107. The molecular weight excluding hydrogens is 216 g/mol. The molecule has 0 saturated carbocycles. The topological polar surface area (TPSA) is 72.7 Å². The Kier molecular flexibility index (Phi) is 3.18. The van der Waals surface area contributed by atoms with Gasteiger partial charge in [-0.3, -0.25) is 0 Å². The van der Waals surface area contributed by atoms with Crippen molar-refractivity contribution in [1.82, 2.24) is 4.57 Å². The lowest BCUT2D eigenvalue weighted by Gasteiger charge is -1.96. The number of nitrogen functional groups attached to an aromatic ring is 1. The zero-order chi connectivity index (χ0) is 12.3. The molecule has 1 aromatic carbocycles. The van der Waals surface area contributed by atoms with Gasteiger partial charge in [-0.25, -0.2) is 0 Å². The third-order valence-corrected chi connectivity index (χ3v) is 2.64. The molecule has 0 unspecified atom stereocenters. The number of aldehydes is 1. The average Bonchev–Trinajstić information content (AvgIpc) is 2.60. The monoisotopic (exact) mass is 230 g/mol. The maximum absolute atomic E-state index is 10.2. The fraction of sp³-hybridized carbons (Fsp3) is 0.250. The number of fused-ring (bicyclic) bond motifs is 1. The Morgan fingerprint density at radius 2 is 2.18 bits per heavy atom. The third-order valence-electron chi connectivity index (χ3n) is 2.64. The van der Waals surface area contributed by atoms with Crippen LogP contribution in [0.25, 0.3) is 10.9 Å². The Labute approximate surface area is 98.9 Å². The molecule has 88 valence electrons. The van der Waals surface area contributed by atoms with Gasteiger partial charge in [0.2, 0.25) is 0 Å². The fourth-order valence-electron chi connectivity index (χ4n) is 1.73. The minimum Gasteiger partial charge on any atom is -0.383 e. The van der Waals surface area contributed by atoms with Crippen molar-refractivity contribution in [2.75, 3.05) is 12.3 Å². The summed E-state index contributed by atoms with van der Waals surface area (Å²) in [4.78, 5) is 10.2. The number of carbonyl (C=O) groups is 1. The minimum atomic E-state index is 0.383. The third kappa shape index (κ3) is 2.04. The van der Waals surface area contributed by atoms with Gasteiger partial charge in [-0.1, -0.05) is 18.2 Å². The number of nitrogens with zero attached hydrogens (tertiary/aromatic N) is 3. The van der Waals surface area contributed by atoms with E-state index < -0.39 is 0 Å². The predicted octanol–water partition coefficient (Wildman–Crippen LogP) is 2.43. The van der Waals surface area contributed by atoms with Crippen LogP contribution in [0.2, 0.25) is 0 Å². The molecule has 0 aliphatic carbocycles. The molecule has 2 rings (SSSR count). The molecule has 0 bridgehead atoms. The molecule has 0 aliphatic heterocycles. The van der Waals surface area contributed by atoms with Crippen LogP contribution < -0.4 is 5.73 Å². The summed E-state index contributed by atoms with van der Waals surface area (Å²) in [6.45, 7) is 0.395. The maximum atomic E-state index is 10.2. The van der Waals surface area contributed by atoms with Gasteiger partial charge in [0.05, 0.1) is 12.1 Å². The number of nitrogens with two attached hydrogens (primary N) is 1. The summed E-state index contributed by atoms with van der Waals surface area (Å²) < 4.78 is 1.88. The number of anilines is 1. The number of hydrogen-bond acceptors (Lipinski definition) is 4. The van der Waals surface area contributed by atoms with E-state index in [-0.39, 0.29) is 0 Å². The summed E-state index contributed by atoms with van der Waals surface area (Å²) in [7, 11) is 1.89. The molecular formula is C12H14N4O. The number of para-hydroxylation sites is 1. The highest BCUT2D eigenvalue weighted by Gasteiger charge is 2.11. The summed E-state index contributed by atoms with van der Waals surface area (Å²) in [6, 6.07) is 7.83. The highest BCUT2D eigenvalue weighted by Crippen LogP contribution is 2.34. The molecule has 5 nitrogen and oxygen atoms in total. The first-order chi connectivity index (χ1) is 8.25. The van der Waals surface area contributed by atoms with E-state index in [2.05, 4.69) is 10.2 Å². The van der Waals surface area contributed by atoms with Gasteiger partial charge in [0.1, 0.15) is 17.8 Å². The number of aryl methyl sites for hydroxylation is 1.